The summed E-state index contributed by atoms with van der Waals surface area (Å²) in [5.41, 5.74) is 1.15. The van der Waals surface area contributed by atoms with E-state index in [0.29, 0.717) is 6.54 Å². The number of hydrogen-bond acceptors (Lipinski definition) is 3. The van der Waals surface area contributed by atoms with E-state index in [1.807, 2.05) is 18.2 Å². The van der Waals surface area contributed by atoms with Gasteiger partial charge in [-0.2, -0.15) is 0 Å². The highest BCUT2D eigenvalue weighted by molar-refractivity contribution is 6.30. The van der Waals surface area contributed by atoms with E-state index < -0.39 is 0 Å². The standard InChI is InChI=1S/C15H23ClN2O/c1-12(13-5-4-6-14(16)9-13)17-10-15(19)11-18-7-2-3-8-18/h4-6,9,12,15,17,19H,2-3,7-8,10-11H2,1H3/t12-,15?/m1/s1. The predicted molar refractivity (Wildman–Crippen MR) is 79.6 cm³/mol. The van der Waals surface area contributed by atoms with Crippen LogP contribution in [0, 0.1) is 0 Å². The first kappa shape index (κ1) is 14.8. The Kier molecular flexibility index (Phi) is 5.64. The molecule has 4 heteroatoms. The molecule has 106 valence electrons. The lowest BCUT2D eigenvalue weighted by Crippen LogP contribution is -2.37. The maximum Gasteiger partial charge on any atom is 0.0791 e. The maximum absolute atomic E-state index is 10.0. The highest BCUT2D eigenvalue weighted by Gasteiger charge is 2.16. The van der Waals surface area contributed by atoms with Gasteiger partial charge in [0.2, 0.25) is 0 Å². The van der Waals surface area contributed by atoms with E-state index in [-0.39, 0.29) is 12.1 Å². The van der Waals surface area contributed by atoms with Gasteiger partial charge in [0.1, 0.15) is 0 Å². The number of hydrogen-bond donors (Lipinski definition) is 2. The van der Waals surface area contributed by atoms with E-state index in [2.05, 4.69) is 23.2 Å². The number of aliphatic hydroxyl groups is 1. The van der Waals surface area contributed by atoms with Gasteiger partial charge in [-0.15, -0.1) is 0 Å². The van der Waals surface area contributed by atoms with Crippen LogP contribution in [0.25, 0.3) is 0 Å². The summed E-state index contributed by atoms with van der Waals surface area (Å²) in [5, 5.41) is 14.1. The predicted octanol–water partition coefficient (Wildman–Crippen LogP) is 2.45. The lowest BCUT2D eigenvalue weighted by Gasteiger charge is -2.22. The summed E-state index contributed by atoms with van der Waals surface area (Å²) in [5.74, 6) is 0. The molecule has 0 radical (unpaired) electrons. The largest absolute Gasteiger partial charge is 0.390 e. The Hall–Kier alpha value is -0.610. The molecule has 1 heterocycles. The molecule has 2 N–H and O–H groups in total. The van der Waals surface area contributed by atoms with Crippen LogP contribution in [0.3, 0.4) is 0 Å². The highest BCUT2D eigenvalue weighted by Crippen LogP contribution is 2.17. The summed E-state index contributed by atoms with van der Waals surface area (Å²) in [6.45, 7) is 5.73. The van der Waals surface area contributed by atoms with Crippen LogP contribution in [0.4, 0.5) is 0 Å². The fourth-order valence-corrected chi connectivity index (χ4v) is 2.73. The highest BCUT2D eigenvalue weighted by atomic mass is 35.5. The van der Waals surface area contributed by atoms with Crippen LogP contribution in [0.15, 0.2) is 24.3 Å². The number of aliphatic hydroxyl groups excluding tert-OH is 1. The van der Waals surface area contributed by atoms with Gasteiger partial charge in [0.05, 0.1) is 6.10 Å². The van der Waals surface area contributed by atoms with E-state index in [1.165, 1.54) is 12.8 Å². The maximum atomic E-state index is 10.0. The van der Waals surface area contributed by atoms with Gasteiger partial charge in [-0.3, -0.25) is 0 Å². The lowest BCUT2D eigenvalue weighted by molar-refractivity contribution is 0.121. The summed E-state index contributed by atoms with van der Waals surface area (Å²) >= 11 is 5.98. The number of nitrogens with one attached hydrogen (secondary N) is 1. The van der Waals surface area contributed by atoms with Crippen LogP contribution < -0.4 is 5.32 Å². The average molecular weight is 283 g/mol. The first-order chi connectivity index (χ1) is 9.15. The van der Waals surface area contributed by atoms with Crippen molar-refractivity contribution >= 4 is 11.6 Å². The quantitative estimate of drug-likeness (QED) is 0.841. The van der Waals surface area contributed by atoms with Crippen LogP contribution in [-0.2, 0) is 0 Å². The molecule has 1 fully saturated rings. The van der Waals surface area contributed by atoms with Crippen molar-refractivity contribution in [3.63, 3.8) is 0 Å². The molecular formula is C15H23ClN2O. The summed E-state index contributed by atoms with van der Waals surface area (Å²) < 4.78 is 0. The van der Waals surface area contributed by atoms with Crippen LogP contribution in [0.5, 0.6) is 0 Å². The molecule has 0 saturated carbocycles. The first-order valence-corrected chi connectivity index (χ1v) is 7.42. The third-order valence-corrected chi connectivity index (χ3v) is 3.91. The van der Waals surface area contributed by atoms with Gasteiger partial charge < -0.3 is 15.3 Å². The minimum Gasteiger partial charge on any atom is -0.390 e. The van der Waals surface area contributed by atoms with E-state index in [0.717, 1.165) is 30.2 Å². The number of nitrogens with zero attached hydrogens (tertiary/aromatic N) is 1. The molecule has 1 unspecified atom stereocenters. The Morgan fingerprint density at radius 2 is 2.11 bits per heavy atom. The topological polar surface area (TPSA) is 35.5 Å². The Balaban J connectivity index is 1.74. The molecule has 0 amide bonds. The number of benzene rings is 1. The van der Waals surface area contributed by atoms with Gasteiger partial charge in [0, 0.05) is 24.2 Å². The van der Waals surface area contributed by atoms with Crippen molar-refractivity contribution in [1.29, 1.82) is 0 Å². The van der Waals surface area contributed by atoms with Gasteiger partial charge in [-0.05, 0) is 50.6 Å². The third kappa shape index (κ3) is 4.77. The lowest BCUT2D eigenvalue weighted by atomic mass is 10.1. The van der Waals surface area contributed by atoms with E-state index >= 15 is 0 Å². The van der Waals surface area contributed by atoms with Crippen molar-refractivity contribution in [1.82, 2.24) is 10.2 Å². The second kappa shape index (κ2) is 7.25. The Labute approximate surface area is 120 Å². The molecule has 2 rings (SSSR count). The minimum atomic E-state index is -0.306. The molecular weight excluding hydrogens is 260 g/mol. The fourth-order valence-electron chi connectivity index (χ4n) is 2.53. The molecule has 1 aromatic carbocycles. The summed E-state index contributed by atoms with van der Waals surface area (Å²) in [6, 6.07) is 8.05. The SMILES string of the molecule is C[C@@H](NCC(O)CN1CCCC1)c1cccc(Cl)c1. The minimum absolute atomic E-state index is 0.201. The molecule has 0 aromatic heterocycles. The zero-order valence-corrected chi connectivity index (χ0v) is 12.2. The molecule has 3 nitrogen and oxygen atoms in total. The Bertz CT molecular complexity index is 393. The van der Waals surface area contributed by atoms with Gasteiger partial charge in [0.25, 0.3) is 0 Å². The van der Waals surface area contributed by atoms with Crippen molar-refractivity contribution in [2.45, 2.75) is 31.9 Å². The van der Waals surface area contributed by atoms with Crippen molar-refractivity contribution in [3.8, 4) is 0 Å². The van der Waals surface area contributed by atoms with Crippen LogP contribution in [0.2, 0.25) is 5.02 Å². The van der Waals surface area contributed by atoms with E-state index in [9.17, 15) is 5.11 Å². The number of likely N-dealkylation sites (tertiary alicyclic amines) is 1. The Morgan fingerprint density at radius 1 is 1.37 bits per heavy atom. The van der Waals surface area contributed by atoms with Gasteiger partial charge in [0.15, 0.2) is 0 Å². The van der Waals surface area contributed by atoms with E-state index in [4.69, 9.17) is 11.6 Å². The van der Waals surface area contributed by atoms with Crippen molar-refractivity contribution in [2.24, 2.45) is 0 Å². The molecule has 2 atom stereocenters. The van der Waals surface area contributed by atoms with Gasteiger partial charge >= 0.3 is 0 Å². The van der Waals surface area contributed by atoms with E-state index in [1.54, 1.807) is 0 Å². The molecule has 1 saturated heterocycles. The van der Waals surface area contributed by atoms with Gasteiger partial charge in [-0.1, -0.05) is 23.7 Å². The summed E-state index contributed by atoms with van der Waals surface area (Å²) in [6.07, 6.45) is 2.22. The smallest absolute Gasteiger partial charge is 0.0791 e. The number of rotatable bonds is 6. The molecule has 0 bridgehead atoms. The van der Waals surface area contributed by atoms with Crippen molar-refractivity contribution in [3.05, 3.63) is 34.9 Å². The number of halogens is 1. The summed E-state index contributed by atoms with van der Waals surface area (Å²) in [4.78, 5) is 2.33. The second-order valence-electron chi connectivity index (χ2n) is 5.35. The molecule has 1 aliphatic rings. The Morgan fingerprint density at radius 3 is 2.79 bits per heavy atom. The van der Waals surface area contributed by atoms with Gasteiger partial charge in [-0.25, -0.2) is 0 Å². The van der Waals surface area contributed by atoms with Crippen LogP contribution in [0.1, 0.15) is 31.4 Å². The molecule has 1 aliphatic heterocycles. The zero-order chi connectivity index (χ0) is 13.7. The molecule has 19 heavy (non-hydrogen) atoms. The van der Waals surface area contributed by atoms with Crippen molar-refractivity contribution in [2.75, 3.05) is 26.2 Å². The molecule has 0 aliphatic carbocycles. The monoisotopic (exact) mass is 282 g/mol. The molecule has 1 aromatic rings. The normalized spacial score (nSPS) is 19.5. The molecule has 0 spiro atoms. The zero-order valence-electron chi connectivity index (χ0n) is 11.5. The average Bonchev–Trinajstić information content (AvgIpc) is 2.88. The van der Waals surface area contributed by atoms with Crippen LogP contribution >= 0.6 is 11.6 Å². The first-order valence-electron chi connectivity index (χ1n) is 7.04. The second-order valence-corrected chi connectivity index (χ2v) is 5.78. The fraction of sp³-hybridized carbons (Fsp3) is 0.600. The van der Waals surface area contributed by atoms with Crippen LogP contribution in [-0.4, -0.2) is 42.3 Å². The summed E-state index contributed by atoms with van der Waals surface area (Å²) in [7, 11) is 0. The van der Waals surface area contributed by atoms with Crippen molar-refractivity contribution < 1.29 is 5.11 Å². The number of β-amino-alcohol motifs (C(OH)–C–C–N with tert-alkyl or cyclic N) is 1. The third-order valence-electron chi connectivity index (χ3n) is 3.68.